The fourth-order valence-corrected chi connectivity index (χ4v) is 3.78. The molecule has 0 saturated heterocycles. The first-order valence-corrected chi connectivity index (χ1v) is 13.3. The van der Waals surface area contributed by atoms with Crippen molar-refractivity contribution in [1.29, 1.82) is 0 Å². The van der Waals surface area contributed by atoms with Crippen molar-refractivity contribution in [3.8, 4) is 0 Å². The lowest BCUT2D eigenvalue weighted by Crippen LogP contribution is -2.48. The number of hydrogen-bond donors (Lipinski definition) is 2. The minimum Gasteiger partial charge on any atom is -0.463 e. The summed E-state index contributed by atoms with van der Waals surface area (Å²) < 4.78 is 33.0. The summed E-state index contributed by atoms with van der Waals surface area (Å²) in [5.74, 6) is -0.448. The molecule has 0 bridgehead atoms. The lowest BCUT2D eigenvalue weighted by molar-refractivity contribution is -0.139. The predicted molar refractivity (Wildman–Crippen MR) is 137 cm³/mol. The number of nitrogens with two attached hydrogens (primary N) is 1. The van der Waals surface area contributed by atoms with Crippen LogP contribution in [0.1, 0.15) is 53.4 Å². The van der Waals surface area contributed by atoms with Gasteiger partial charge in [-0.2, -0.15) is 0 Å². The molecule has 10 heteroatoms. The van der Waals surface area contributed by atoms with Crippen molar-refractivity contribution in [3.63, 3.8) is 0 Å². The quantitative estimate of drug-likeness (QED) is 0.174. The van der Waals surface area contributed by atoms with Gasteiger partial charge in [0.05, 0.1) is 71.7 Å². The smallest absolute Gasteiger partial charge is 0.333 e. The molecule has 1 aliphatic rings. The highest BCUT2D eigenvalue weighted by molar-refractivity contribution is 5.89. The highest BCUT2D eigenvalue weighted by Gasteiger charge is 2.35. The molecule has 0 aromatic heterocycles. The Morgan fingerprint density at radius 3 is 2.03 bits per heavy atom. The molecule has 0 fully saturated rings. The van der Waals surface area contributed by atoms with Crippen LogP contribution < -0.4 is 11.1 Å². The van der Waals surface area contributed by atoms with Crippen molar-refractivity contribution in [1.82, 2.24) is 5.32 Å². The second kappa shape index (κ2) is 20.5. The van der Waals surface area contributed by atoms with E-state index in [-0.39, 0.29) is 42.5 Å². The normalized spacial score (nSPS) is 19.8. The molecule has 1 amide bonds. The topological polar surface area (TPSA) is 128 Å². The van der Waals surface area contributed by atoms with Crippen molar-refractivity contribution >= 4 is 11.9 Å². The largest absolute Gasteiger partial charge is 0.463 e. The second-order valence-corrected chi connectivity index (χ2v) is 8.68. The molecule has 3 N–H and O–H groups in total. The number of rotatable bonds is 21. The third-order valence-electron chi connectivity index (χ3n) is 5.95. The van der Waals surface area contributed by atoms with E-state index < -0.39 is 0 Å². The van der Waals surface area contributed by atoms with Gasteiger partial charge in [-0.25, -0.2) is 4.79 Å². The van der Waals surface area contributed by atoms with E-state index in [9.17, 15) is 9.59 Å². The molecule has 0 radical (unpaired) electrons. The molecule has 10 nitrogen and oxygen atoms in total. The lowest BCUT2D eigenvalue weighted by Gasteiger charge is -2.36. The van der Waals surface area contributed by atoms with Crippen molar-refractivity contribution in [2.24, 2.45) is 11.7 Å². The monoisotopic (exact) mass is 516 g/mol. The summed E-state index contributed by atoms with van der Waals surface area (Å²) in [6.45, 7) is 12.4. The van der Waals surface area contributed by atoms with Crippen molar-refractivity contribution in [2.45, 2.75) is 71.6 Å². The van der Waals surface area contributed by atoms with E-state index >= 15 is 0 Å². The number of ether oxygens (including phenoxy) is 6. The fourth-order valence-electron chi connectivity index (χ4n) is 3.78. The van der Waals surface area contributed by atoms with Crippen LogP contribution in [0.15, 0.2) is 11.6 Å². The molecule has 3 atom stereocenters. The van der Waals surface area contributed by atoms with Crippen LogP contribution in [0.25, 0.3) is 0 Å². The van der Waals surface area contributed by atoms with Gasteiger partial charge in [0.1, 0.15) is 0 Å². The summed E-state index contributed by atoms with van der Waals surface area (Å²) in [5.41, 5.74) is 5.89. The first-order chi connectivity index (χ1) is 17.5. The molecule has 0 aromatic rings. The van der Waals surface area contributed by atoms with Gasteiger partial charge in [0, 0.05) is 30.5 Å². The third-order valence-corrected chi connectivity index (χ3v) is 5.95. The SMILES string of the molecule is CCOC(=O)C1=C[C@@H](OC(CC)CC)[C@H](C)[C@@H](NC(=O)CCOCCOCCOCCOCCN)C1. The molecule has 0 heterocycles. The van der Waals surface area contributed by atoms with Crippen LogP contribution in [0.5, 0.6) is 0 Å². The predicted octanol–water partition coefficient (Wildman–Crippen LogP) is 1.99. The average Bonchev–Trinajstić information content (AvgIpc) is 2.87. The Morgan fingerprint density at radius 1 is 0.944 bits per heavy atom. The summed E-state index contributed by atoms with van der Waals surface area (Å²) >= 11 is 0. The van der Waals surface area contributed by atoms with Crippen LogP contribution in [0.2, 0.25) is 0 Å². The Labute approximate surface area is 216 Å². The Morgan fingerprint density at radius 2 is 1.50 bits per heavy atom. The molecule has 36 heavy (non-hydrogen) atoms. The average molecular weight is 517 g/mol. The van der Waals surface area contributed by atoms with Gasteiger partial charge in [-0.3, -0.25) is 4.79 Å². The van der Waals surface area contributed by atoms with Crippen LogP contribution in [-0.4, -0.2) is 96.1 Å². The highest BCUT2D eigenvalue weighted by atomic mass is 16.6. The minimum absolute atomic E-state index is 0.0245. The molecule has 0 aliphatic heterocycles. The van der Waals surface area contributed by atoms with Gasteiger partial charge in [0.15, 0.2) is 0 Å². The molecule has 0 spiro atoms. The maximum atomic E-state index is 12.6. The molecule has 1 rings (SSSR count). The summed E-state index contributed by atoms with van der Waals surface area (Å²) in [6, 6.07) is -0.217. The van der Waals surface area contributed by atoms with Gasteiger partial charge in [-0.15, -0.1) is 0 Å². The third kappa shape index (κ3) is 13.7. The number of carbonyl (C=O) groups is 2. The zero-order valence-electron chi connectivity index (χ0n) is 22.6. The fraction of sp³-hybridized carbons (Fsp3) is 0.846. The first kappa shape index (κ1) is 32.5. The Kier molecular flexibility index (Phi) is 18.5. The standard InChI is InChI=1S/C26H48N2O8/c1-5-22(6-2)36-24-19-21(26(30)35-7-3)18-23(20(24)4)28-25(29)8-10-31-12-14-33-16-17-34-15-13-32-11-9-27/h19-20,22-24H,5-18,27H2,1-4H3,(H,28,29)/t20-,23+,24-/m1/s1. The van der Waals surface area contributed by atoms with Crippen LogP contribution in [0.3, 0.4) is 0 Å². The van der Waals surface area contributed by atoms with Gasteiger partial charge in [-0.05, 0) is 32.3 Å². The van der Waals surface area contributed by atoms with Crippen molar-refractivity contribution < 1.29 is 38.0 Å². The molecule has 0 aromatic carbocycles. The molecule has 1 aliphatic carbocycles. The van der Waals surface area contributed by atoms with E-state index in [4.69, 9.17) is 34.2 Å². The minimum atomic E-state index is -0.351. The zero-order chi connectivity index (χ0) is 26.6. The number of nitrogens with one attached hydrogen (secondary N) is 1. The number of carbonyl (C=O) groups excluding carboxylic acids is 2. The molecule has 0 unspecified atom stereocenters. The Balaban J connectivity index is 2.33. The van der Waals surface area contributed by atoms with Gasteiger partial charge < -0.3 is 39.5 Å². The molecule has 210 valence electrons. The van der Waals surface area contributed by atoms with Gasteiger partial charge in [0.2, 0.25) is 5.91 Å². The van der Waals surface area contributed by atoms with Gasteiger partial charge in [0.25, 0.3) is 0 Å². The maximum absolute atomic E-state index is 12.6. The van der Waals surface area contributed by atoms with Crippen LogP contribution in [0.4, 0.5) is 0 Å². The summed E-state index contributed by atoms with van der Waals surface area (Å²) in [7, 11) is 0. The molecular formula is C26H48N2O8. The summed E-state index contributed by atoms with van der Waals surface area (Å²) in [4.78, 5) is 25.0. The van der Waals surface area contributed by atoms with E-state index in [1.807, 2.05) is 13.0 Å². The van der Waals surface area contributed by atoms with Crippen molar-refractivity contribution in [3.05, 3.63) is 11.6 Å². The Bertz CT molecular complexity index is 627. The number of amides is 1. The zero-order valence-corrected chi connectivity index (χ0v) is 22.6. The maximum Gasteiger partial charge on any atom is 0.333 e. The number of esters is 1. The molecular weight excluding hydrogens is 468 g/mol. The van der Waals surface area contributed by atoms with E-state index in [0.717, 1.165) is 12.8 Å². The van der Waals surface area contributed by atoms with Gasteiger partial charge >= 0.3 is 5.97 Å². The lowest BCUT2D eigenvalue weighted by atomic mass is 9.83. The van der Waals surface area contributed by atoms with E-state index in [1.165, 1.54) is 0 Å². The van der Waals surface area contributed by atoms with Gasteiger partial charge in [-0.1, -0.05) is 20.8 Å². The first-order valence-electron chi connectivity index (χ1n) is 13.3. The van der Waals surface area contributed by atoms with E-state index in [0.29, 0.717) is 78.0 Å². The number of hydrogen-bond acceptors (Lipinski definition) is 9. The summed E-state index contributed by atoms with van der Waals surface area (Å²) in [5, 5.41) is 3.07. The molecule has 0 saturated carbocycles. The highest BCUT2D eigenvalue weighted by Crippen LogP contribution is 2.29. The van der Waals surface area contributed by atoms with Crippen LogP contribution in [0, 0.1) is 5.92 Å². The van der Waals surface area contributed by atoms with Crippen molar-refractivity contribution in [2.75, 3.05) is 66.0 Å². The van der Waals surface area contributed by atoms with E-state index in [2.05, 4.69) is 19.2 Å². The van der Waals surface area contributed by atoms with E-state index in [1.54, 1.807) is 6.92 Å². The Hall–Kier alpha value is -1.56. The second-order valence-electron chi connectivity index (χ2n) is 8.68. The summed E-state index contributed by atoms with van der Waals surface area (Å²) in [6.07, 6.45) is 4.13. The van der Waals surface area contributed by atoms with Crippen LogP contribution >= 0.6 is 0 Å². The van der Waals surface area contributed by atoms with Crippen LogP contribution in [-0.2, 0) is 38.0 Å².